The van der Waals surface area contributed by atoms with E-state index in [9.17, 15) is 19.5 Å². The third-order valence-corrected chi connectivity index (χ3v) is 6.25. The molecule has 0 aliphatic rings. The smallest absolute Gasteiger partial charge is 0.326 e. The Hall–Kier alpha value is -3.91. The summed E-state index contributed by atoms with van der Waals surface area (Å²) in [6.07, 6.45) is 1.71. The van der Waals surface area contributed by atoms with Gasteiger partial charge in [0.1, 0.15) is 28.3 Å². The number of carboxylic acids is 1. The fourth-order valence-corrected chi connectivity index (χ4v) is 4.51. The highest BCUT2D eigenvalue weighted by Gasteiger charge is 2.29. The van der Waals surface area contributed by atoms with Crippen molar-refractivity contribution in [3.05, 3.63) is 85.8 Å². The molecule has 0 spiro atoms. The average Bonchev–Trinajstić information content (AvgIpc) is 2.88. The van der Waals surface area contributed by atoms with Crippen molar-refractivity contribution in [1.29, 1.82) is 0 Å². The van der Waals surface area contributed by atoms with Crippen LogP contribution in [-0.2, 0) is 11.2 Å². The predicted molar refractivity (Wildman–Crippen MR) is 146 cm³/mol. The van der Waals surface area contributed by atoms with Crippen LogP contribution in [-0.4, -0.2) is 35.2 Å². The monoisotopic (exact) mass is 521 g/mol. The molecule has 0 unspecified atom stereocenters. The van der Waals surface area contributed by atoms with E-state index in [1.54, 1.807) is 30.3 Å². The van der Waals surface area contributed by atoms with Crippen LogP contribution in [0.1, 0.15) is 32.3 Å². The Kier molecular flexibility index (Phi) is 8.08. The molecule has 0 saturated carbocycles. The van der Waals surface area contributed by atoms with E-state index in [1.807, 2.05) is 43.0 Å². The number of fused-ring (bicyclic) bond motifs is 1. The molecule has 1 atom stereocenters. The Morgan fingerprint density at radius 1 is 1.05 bits per heavy atom. The minimum Gasteiger partial charge on any atom is -0.480 e. The molecule has 0 bridgehead atoms. The molecule has 0 saturated heterocycles. The summed E-state index contributed by atoms with van der Waals surface area (Å²) < 4.78 is 5.96. The van der Waals surface area contributed by atoms with Gasteiger partial charge in [0, 0.05) is 24.9 Å². The minimum atomic E-state index is -1.12. The first kappa shape index (κ1) is 26.2. The molecule has 8 nitrogen and oxygen atoms in total. The lowest BCUT2D eigenvalue weighted by Gasteiger charge is -2.28. The van der Waals surface area contributed by atoms with E-state index in [1.165, 1.54) is 0 Å². The van der Waals surface area contributed by atoms with E-state index in [-0.39, 0.29) is 17.8 Å². The number of rotatable bonds is 12. The number of hydrogen-bond acceptors (Lipinski definition) is 7. The highest BCUT2D eigenvalue weighted by molar-refractivity contribution is 6.30. The first-order valence-corrected chi connectivity index (χ1v) is 12.6. The van der Waals surface area contributed by atoms with Gasteiger partial charge in [0.05, 0.1) is 0 Å². The summed E-state index contributed by atoms with van der Waals surface area (Å²) in [7, 11) is 0. The summed E-state index contributed by atoms with van der Waals surface area (Å²) >= 11 is 6.14. The number of aromatic nitrogens is 1. The van der Waals surface area contributed by atoms with Crippen LogP contribution in [0.3, 0.4) is 0 Å². The normalized spacial score (nSPS) is 12.0. The van der Waals surface area contributed by atoms with Crippen molar-refractivity contribution < 1.29 is 14.6 Å². The second-order valence-corrected chi connectivity index (χ2v) is 9.21. The largest absolute Gasteiger partial charge is 0.480 e. The third kappa shape index (κ3) is 5.75. The van der Waals surface area contributed by atoms with E-state index in [4.69, 9.17) is 16.3 Å². The molecule has 2 N–H and O–H groups in total. The summed E-state index contributed by atoms with van der Waals surface area (Å²) in [5.74, 6) is -0.230. The molecule has 0 radical (unpaired) electrons. The van der Waals surface area contributed by atoms with Crippen LogP contribution in [0, 0.1) is 0 Å². The zero-order chi connectivity index (χ0) is 26.5. The Bertz CT molecular complexity index is 1470. The van der Waals surface area contributed by atoms with Gasteiger partial charge in [0.15, 0.2) is 0 Å². The van der Waals surface area contributed by atoms with E-state index >= 15 is 0 Å². The Labute approximate surface area is 219 Å². The molecule has 0 aliphatic heterocycles. The molecule has 1 heterocycles. The van der Waals surface area contributed by atoms with Gasteiger partial charge in [-0.3, -0.25) is 9.59 Å². The first-order valence-electron chi connectivity index (χ1n) is 12.2. The predicted octanol–water partition coefficient (Wildman–Crippen LogP) is 5.01. The molecule has 0 aliphatic carbocycles. The van der Waals surface area contributed by atoms with Crippen LogP contribution in [0.25, 0.3) is 10.8 Å². The molecule has 4 aromatic rings. The average molecular weight is 522 g/mol. The number of aliphatic carboxylic acids is 1. The second kappa shape index (κ2) is 11.4. The number of hydrogen-bond donors (Lipinski definition) is 2. The van der Waals surface area contributed by atoms with Crippen LogP contribution in [0.15, 0.2) is 64.2 Å². The molecule has 37 heavy (non-hydrogen) atoms. The number of carboxylic acid groups (broad SMARTS) is 1. The van der Waals surface area contributed by atoms with Gasteiger partial charge in [0.2, 0.25) is 5.88 Å². The van der Waals surface area contributed by atoms with Gasteiger partial charge < -0.3 is 20.1 Å². The number of halogens is 1. The maximum Gasteiger partial charge on any atom is 0.326 e. The van der Waals surface area contributed by atoms with Crippen LogP contribution in [0.2, 0.25) is 5.15 Å². The Balaban J connectivity index is 1.51. The lowest BCUT2D eigenvalue weighted by atomic mass is 10.0. The van der Waals surface area contributed by atoms with Crippen molar-refractivity contribution in [2.24, 2.45) is 0 Å². The standard InChI is InChI=1S/C28H28ClN3O5/c1-3-13-32(14-4-2)24-23(25(33)26(24)34)30-21(28(35)36)15-17-9-11-19(12-10-17)37-27-20-8-6-5-7-18(20)16-22(29)31-27/h5-12,16,21,30H,3-4,13-15H2,1-2H3,(H,35,36)/t21-/m0/s1. The number of ether oxygens (including phenoxy) is 1. The van der Waals surface area contributed by atoms with Crippen molar-refractivity contribution in [2.75, 3.05) is 23.3 Å². The van der Waals surface area contributed by atoms with E-state index < -0.39 is 22.9 Å². The third-order valence-electron chi connectivity index (χ3n) is 6.06. The Morgan fingerprint density at radius 3 is 2.38 bits per heavy atom. The van der Waals surface area contributed by atoms with Crippen LogP contribution >= 0.6 is 11.6 Å². The quantitative estimate of drug-likeness (QED) is 0.198. The van der Waals surface area contributed by atoms with E-state index in [0.717, 1.165) is 29.2 Å². The molecule has 9 heteroatoms. The molecule has 3 aromatic carbocycles. The van der Waals surface area contributed by atoms with Crippen molar-refractivity contribution >= 4 is 39.7 Å². The molecule has 0 fully saturated rings. The Morgan fingerprint density at radius 2 is 1.73 bits per heavy atom. The van der Waals surface area contributed by atoms with E-state index in [2.05, 4.69) is 10.3 Å². The minimum absolute atomic E-state index is 0.0816. The number of benzene rings is 2. The number of nitrogens with one attached hydrogen (secondary N) is 1. The zero-order valence-corrected chi connectivity index (χ0v) is 21.4. The van der Waals surface area contributed by atoms with Crippen molar-refractivity contribution in [1.82, 2.24) is 4.98 Å². The number of carbonyl (C=O) groups is 1. The van der Waals surface area contributed by atoms with Gasteiger partial charge in [0.25, 0.3) is 10.9 Å². The number of nitrogens with zero attached hydrogens (tertiary/aromatic N) is 2. The van der Waals surface area contributed by atoms with Gasteiger partial charge >= 0.3 is 5.97 Å². The molecule has 1 aromatic heterocycles. The number of anilines is 2. The molecule has 0 amide bonds. The molecular weight excluding hydrogens is 494 g/mol. The lowest BCUT2D eigenvalue weighted by Crippen LogP contribution is -2.46. The highest BCUT2D eigenvalue weighted by Crippen LogP contribution is 2.30. The fraction of sp³-hybridized carbons (Fsp3) is 0.286. The van der Waals surface area contributed by atoms with Crippen molar-refractivity contribution in [2.45, 2.75) is 39.2 Å². The van der Waals surface area contributed by atoms with E-state index in [0.29, 0.717) is 29.9 Å². The summed E-state index contributed by atoms with van der Waals surface area (Å²) in [4.78, 5) is 42.8. The number of pyridine rings is 1. The van der Waals surface area contributed by atoms with Crippen molar-refractivity contribution in [3.63, 3.8) is 0 Å². The second-order valence-electron chi connectivity index (χ2n) is 8.83. The van der Waals surface area contributed by atoms with Gasteiger partial charge in [-0.2, -0.15) is 0 Å². The van der Waals surface area contributed by atoms with Crippen LogP contribution < -0.4 is 25.8 Å². The van der Waals surface area contributed by atoms with Crippen molar-refractivity contribution in [3.8, 4) is 11.6 Å². The van der Waals surface area contributed by atoms with Gasteiger partial charge in [-0.05, 0) is 48.1 Å². The summed E-state index contributed by atoms with van der Waals surface area (Å²) in [5.41, 5.74) is -0.167. The topological polar surface area (TPSA) is 109 Å². The summed E-state index contributed by atoms with van der Waals surface area (Å²) in [6.45, 7) is 5.20. The summed E-state index contributed by atoms with van der Waals surface area (Å²) in [5, 5.41) is 14.7. The maximum atomic E-state index is 12.3. The first-order chi connectivity index (χ1) is 17.8. The zero-order valence-electron chi connectivity index (χ0n) is 20.7. The maximum absolute atomic E-state index is 12.3. The SMILES string of the molecule is CCCN(CCC)c1c(N[C@@H](Cc2ccc(Oc3nc(Cl)cc4ccccc34)cc2)C(=O)O)c(=O)c1=O. The molecular formula is C28H28ClN3O5. The highest BCUT2D eigenvalue weighted by atomic mass is 35.5. The molecule has 192 valence electrons. The summed E-state index contributed by atoms with van der Waals surface area (Å²) in [6, 6.07) is 15.2. The van der Waals surface area contributed by atoms with Gasteiger partial charge in [-0.25, -0.2) is 9.78 Å². The fourth-order valence-electron chi connectivity index (χ4n) is 4.32. The van der Waals surface area contributed by atoms with Gasteiger partial charge in [-0.15, -0.1) is 0 Å². The molecule has 4 rings (SSSR count). The van der Waals surface area contributed by atoms with Gasteiger partial charge in [-0.1, -0.05) is 55.8 Å². The van der Waals surface area contributed by atoms with Crippen LogP contribution in [0.4, 0.5) is 11.4 Å². The lowest BCUT2D eigenvalue weighted by molar-refractivity contribution is -0.137. The van der Waals surface area contributed by atoms with Crippen LogP contribution in [0.5, 0.6) is 11.6 Å².